The van der Waals surface area contributed by atoms with E-state index in [-0.39, 0.29) is 18.2 Å². The molecule has 8 nitrogen and oxygen atoms in total. The zero-order valence-corrected chi connectivity index (χ0v) is 25.4. The SMILES string of the molecule is CC1CNC(c2nc3c(ccc4cc(C#Cc5ccc6nc(C7CC(C)CN7C(=O)OC(C)(C)C)[nH]c6c5)ccc43)[nH]2)C1. The molecular weight excluding hydrogens is 536 g/mol. The van der Waals surface area contributed by atoms with E-state index in [1.165, 1.54) is 0 Å². The maximum absolute atomic E-state index is 12.9. The Morgan fingerprint density at radius 1 is 0.907 bits per heavy atom. The highest BCUT2D eigenvalue weighted by atomic mass is 16.6. The Bertz CT molecular complexity index is 1920. The summed E-state index contributed by atoms with van der Waals surface area (Å²) in [6, 6.07) is 16.7. The summed E-state index contributed by atoms with van der Waals surface area (Å²) in [6.45, 7) is 11.8. The molecule has 2 saturated heterocycles. The number of amides is 1. The minimum atomic E-state index is -0.541. The van der Waals surface area contributed by atoms with Crippen molar-refractivity contribution >= 4 is 38.9 Å². The molecular formula is C35H38N6O2. The Morgan fingerprint density at radius 2 is 1.67 bits per heavy atom. The van der Waals surface area contributed by atoms with Crippen LogP contribution in [0.1, 0.15) is 82.3 Å². The van der Waals surface area contributed by atoms with Crippen LogP contribution in [0.2, 0.25) is 0 Å². The normalized spacial score (nSPS) is 22.4. The van der Waals surface area contributed by atoms with Gasteiger partial charge >= 0.3 is 6.09 Å². The number of aromatic amines is 2. The van der Waals surface area contributed by atoms with Gasteiger partial charge < -0.3 is 20.0 Å². The Kier molecular flexibility index (Phi) is 6.66. The van der Waals surface area contributed by atoms with Crippen molar-refractivity contribution in [2.45, 2.75) is 65.1 Å². The molecule has 220 valence electrons. The van der Waals surface area contributed by atoms with E-state index in [2.05, 4.69) is 71.3 Å². The van der Waals surface area contributed by atoms with E-state index < -0.39 is 5.60 Å². The van der Waals surface area contributed by atoms with Crippen LogP contribution < -0.4 is 5.32 Å². The summed E-state index contributed by atoms with van der Waals surface area (Å²) >= 11 is 0. The maximum atomic E-state index is 12.9. The highest BCUT2D eigenvalue weighted by molar-refractivity contribution is 6.04. The lowest BCUT2D eigenvalue weighted by Gasteiger charge is -2.27. The molecule has 7 rings (SSSR count). The molecule has 2 fully saturated rings. The van der Waals surface area contributed by atoms with Gasteiger partial charge in [-0.25, -0.2) is 14.8 Å². The van der Waals surface area contributed by atoms with Crippen molar-refractivity contribution in [3.05, 3.63) is 71.3 Å². The minimum absolute atomic E-state index is 0.139. The van der Waals surface area contributed by atoms with E-state index >= 15 is 0 Å². The van der Waals surface area contributed by atoms with Crippen LogP contribution in [0, 0.1) is 23.7 Å². The van der Waals surface area contributed by atoms with Crippen LogP contribution in [0.4, 0.5) is 4.79 Å². The van der Waals surface area contributed by atoms with Crippen molar-refractivity contribution in [2.75, 3.05) is 13.1 Å². The second kappa shape index (κ2) is 10.4. The lowest BCUT2D eigenvalue weighted by molar-refractivity contribution is 0.0215. The van der Waals surface area contributed by atoms with Gasteiger partial charge in [-0.15, -0.1) is 0 Å². The topological polar surface area (TPSA) is 98.9 Å². The summed E-state index contributed by atoms with van der Waals surface area (Å²) in [7, 11) is 0. The van der Waals surface area contributed by atoms with Crippen molar-refractivity contribution in [3.63, 3.8) is 0 Å². The first-order chi connectivity index (χ1) is 20.6. The van der Waals surface area contributed by atoms with E-state index in [0.717, 1.165) is 75.0 Å². The minimum Gasteiger partial charge on any atom is -0.444 e. The fourth-order valence-electron chi connectivity index (χ4n) is 6.42. The third-order valence-electron chi connectivity index (χ3n) is 8.47. The van der Waals surface area contributed by atoms with Gasteiger partial charge in [0.05, 0.1) is 34.2 Å². The number of hydrogen-bond donors (Lipinski definition) is 3. The van der Waals surface area contributed by atoms with Gasteiger partial charge in [-0.3, -0.25) is 4.90 Å². The van der Waals surface area contributed by atoms with Crippen molar-refractivity contribution in [2.24, 2.45) is 11.8 Å². The van der Waals surface area contributed by atoms with E-state index in [1.54, 1.807) is 4.90 Å². The number of carbonyl (C=O) groups is 1. The number of benzene rings is 3. The highest BCUT2D eigenvalue weighted by Gasteiger charge is 2.38. The molecule has 4 unspecified atom stereocenters. The summed E-state index contributed by atoms with van der Waals surface area (Å²) in [5.41, 5.74) is 5.16. The van der Waals surface area contributed by atoms with Crippen LogP contribution >= 0.6 is 0 Å². The lowest BCUT2D eigenvalue weighted by Crippen LogP contribution is -2.37. The van der Waals surface area contributed by atoms with E-state index in [4.69, 9.17) is 14.7 Å². The quantitative estimate of drug-likeness (QED) is 0.198. The molecule has 5 aromatic rings. The van der Waals surface area contributed by atoms with Gasteiger partial charge in [0.25, 0.3) is 0 Å². The number of rotatable bonds is 2. The lowest BCUT2D eigenvalue weighted by atomic mass is 10.1. The number of carbonyl (C=O) groups excluding carboxylic acids is 1. The predicted octanol–water partition coefficient (Wildman–Crippen LogP) is 6.98. The molecule has 8 heteroatoms. The number of hydrogen-bond acceptors (Lipinski definition) is 5. The molecule has 2 aliphatic heterocycles. The van der Waals surface area contributed by atoms with Crippen LogP contribution in [0.25, 0.3) is 32.8 Å². The fraction of sp³-hybridized carbons (Fsp3) is 0.400. The average molecular weight is 575 g/mol. The van der Waals surface area contributed by atoms with E-state index in [0.29, 0.717) is 18.4 Å². The van der Waals surface area contributed by atoms with Crippen LogP contribution in [-0.2, 0) is 4.74 Å². The molecule has 0 aliphatic carbocycles. The highest BCUT2D eigenvalue weighted by Crippen LogP contribution is 2.36. The first-order valence-corrected chi connectivity index (χ1v) is 15.3. The molecule has 0 saturated carbocycles. The first kappa shape index (κ1) is 27.5. The summed E-state index contributed by atoms with van der Waals surface area (Å²) in [4.78, 5) is 31.6. The molecule has 3 aromatic carbocycles. The number of nitrogens with zero attached hydrogens (tertiary/aromatic N) is 3. The van der Waals surface area contributed by atoms with Crippen LogP contribution in [-0.4, -0.2) is 49.6 Å². The molecule has 4 atom stereocenters. The standard InChI is InChI=1S/C35H38N6O2/c1-20-14-29(36-18-20)32-38-27-13-10-24-16-22(8-11-25(24)31(27)40-32)6-7-23-9-12-26-28(17-23)39-33(37-26)30-15-21(2)19-41(30)34(42)43-35(3,4)5/h8-13,16-17,20-21,29-30,36H,14-15,18-19H2,1-5H3,(H,37,39)(H,38,40). The summed E-state index contributed by atoms with van der Waals surface area (Å²) in [5.74, 6) is 9.51. The smallest absolute Gasteiger partial charge is 0.410 e. The number of likely N-dealkylation sites (tertiary alicyclic amines) is 1. The predicted molar refractivity (Wildman–Crippen MR) is 170 cm³/mol. The average Bonchev–Trinajstić information content (AvgIpc) is 3.75. The van der Waals surface area contributed by atoms with Gasteiger partial charge in [0, 0.05) is 23.1 Å². The van der Waals surface area contributed by atoms with Crippen molar-refractivity contribution < 1.29 is 9.53 Å². The number of imidazole rings is 2. The molecule has 2 aromatic heterocycles. The number of ether oxygens (including phenoxy) is 1. The Hall–Kier alpha value is -4.35. The summed E-state index contributed by atoms with van der Waals surface area (Å²) < 4.78 is 5.68. The van der Waals surface area contributed by atoms with Gasteiger partial charge in [0.1, 0.15) is 17.2 Å². The van der Waals surface area contributed by atoms with Crippen LogP contribution in [0.5, 0.6) is 0 Å². The molecule has 3 N–H and O–H groups in total. The number of H-pyrrole nitrogens is 2. The largest absolute Gasteiger partial charge is 0.444 e. The Balaban J connectivity index is 1.13. The van der Waals surface area contributed by atoms with Crippen LogP contribution in [0.15, 0.2) is 48.5 Å². The molecule has 0 spiro atoms. The van der Waals surface area contributed by atoms with Crippen molar-refractivity contribution in [3.8, 4) is 11.8 Å². The Labute approximate surface area is 251 Å². The van der Waals surface area contributed by atoms with Crippen molar-refractivity contribution in [1.29, 1.82) is 0 Å². The van der Waals surface area contributed by atoms with E-state index in [1.807, 2.05) is 39.0 Å². The zero-order valence-electron chi connectivity index (χ0n) is 25.4. The maximum Gasteiger partial charge on any atom is 0.410 e. The Morgan fingerprint density at radius 3 is 2.44 bits per heavy atom. The fourth-order valence-corrected chi connectivity index (χ4v) is 6.42. The number of nitrogens with one attached hydrogen (secondary N) is 3. The molecule has 4 heterocycles. The third kappa shape index (κ3) is 5.46. The molecule has 0 radical (unpaired) electrons. The monoisotopic (exact) mass is 574 g/mol. The molecule has 2 aliphatic rings. The van der Waals surface area contributed by atoms with Gasteiger partial charge in [-0.2, -0.15) is 0 Å². The number of aromatic nitrogens is 4. The first-order valence-electron chi connectivity index (χ1n) is 15.3. The molecule has 0 bridgehead atoms. The zero-order chi connectivity index (χ0) is 29.9. The molecule has 1 amide bonds. The third-order valence-corrected chi connectivity index (χ3v) is 8.47. The summed E-state index contributed by atoms with van der Waals surface area (Å²) in [6.07, 6.45) is 1.65. The van der Waals surface area contributed by atoms with Gasteiger partial charge in [-0.1, -0.05) is 37.8 Å². The van der Waals surface area contributed by atoms with Gasteiger partial charge in [0.2, 0.25) is 0 Å². The van der Waals surface area contributed by atoms with Crippen LogP contribution in [0.3, 0.4) is 0 Å². The molecule has 43 heavy (non-hydrogen) atoms. The van der Waals surface area contributed by atoms with Gasteiger partial charge in [0.15, 0.2) is 0 Å². The number of fused-ring (bicyclic) bond motifs is 4. The second-order valence-corrected chi connectivity index (χ2v) is 13.4. The van der Waals surface area contributed by atoms with Gasteiger partial charge in [-0.05, 0) is 93.8 Å². The summed E-state index contributed by atoms with van der Waals surface area (Å²) in [5, 5.41) is 5.83. The van der Waals surface area contributed by atoms with E-state index in [9.17, 15) is 4.79 Å². The second-order valence-electron chi connectivity index (χ2n) is 13.4. The van der Waals surface area contributed by atoms with Crippen molar-refractivity contribution in [1.82, 2.24) is 30.2 Å².